The molecule has 0 aliphatic carbocycles. The van der Waals surface area contributed by atoms with Crippen LogP contribution in [0.3, 0.4) is 0 Å². The average molecular weight is 707 g/mol. The normalized spacial score (nSPS) is 11.7. The van der Waals surface area contributed by atoms with Crippen LogP contribution in [-0.4, -0.2) is 9.97 Å². The standard InChI is InChI=1S/C50H30N2OS/c1-3-11-31(12-4-1)32-19-21-34(22-20-32)50-51-43(33-13-5-2-6-14-33)30-44(52-50)37-23-25-45-42(29-37)48-38-16-8-7-15-35(38)27-40(49(48)53-45)36-24-26-47-41(28-36)39-17-9-10-18-46(39)54-47/h1-30H. The number of hydrogen-bond donors (Lipinski definition) is 0. The maximum atomic E-state index is 6.82. The first kappa shape index (κ1) is 30.7. The molecule has 252 valence electrons. The van der Waals surface area contributed by atoms with E-state index < -0.39 is 0 Å². The number of fused-ring (bicyclic) bond motifs is 8. The molecule has 8 aromatic carbocycles. The molecule has 0 N–H and O–H groups in total. The molecule has 4 heteroatoms. The second-order valence-electron chi connectivity index (χ2n) is 13.7. The maximum absolute atomic E-state index is 6.82. The van der Waals surface area contributed by atoms with Crippen LogP contribution in [0.2, 0.25) is 0 Å². The van der Waals surface area contributed by atoms with Gasteiger partial charge in [-0.15, -0.1) is 11.3 Å². The summed E-state index contributed by atoms with van der Waals surface area (Å²) in [4.78, 5) is 10.3. The molecule has 0 bridgehead atoms. The second kappa shape index (κ2) is 12.4. The van der Waals surface area contributed by atoms with E-state index in [1.807, 2.05) is 23.5 Å². The Labute approximate surface area is 315 Å². The molecule has 11 rings (SSSR count). The lowest BCUT2D eigenvalue weighted by atomic mass is 9.95. The summed E-state index contributed by atoms with van der Waals surface area (Å²) in [6, 6.07) is 64.3. The van der Waals surface area contributed by atoms with Gasteiger partial charge in [0.1, 0.15) is 11.2 Å². The predicted octanol–water partition coefficient (Wildman–Crippen LogP) is 14.2. The number of benzene rings is 8. The van der Waals surface area contributed by atoms with Crippen molar-refractivity contribution < 1.29 is 4.42 Å². The van der Waals surface area contributed by atoms with Crippen LogP contribution in [0.25, 0.3) is 109 Å². The van der Waals surface area contributed by atoms with E-state index in [9.17, 15) is 0 Å². The number of nitrogens with zero attached hydrogens (tertiary/aromatic N) is 2. The molecule has 0 aliphatic heterocycles. The van der Waals surface area contributed by atoms with Crippen molar-refractivity contribution in [1.82, 2.24) is 9.97 Å². The van der Waals surface area contributed by atoms with Crippen LogP contribution < -0.4 is 0 Å². The first-order valence-corrected chi connectivity index (χ1v) is 19.0. The van der Waals surface area contributed by atoms with E-state index in [4.69, 9.17) is 14.4 Å². The number of hydrogen-bond acceptors (Lipinski definition) is 4. The van der Waals surface area contributed by atoms with E-state index in [1.54, 1.807) is 0 Å². The Morgan fingerprint density at radius 2 is 0.981 bits per heavy atom. The largest absolute Gasteiger partial charge is 0.455 e. The zero-order valence-electron chi connectivity index (χ0n) is 29.0. The van der Waals surface area contributed by atoms with Crippen molar-refractivity contribution >= 4 is 64.2 Å². The van der Waals surface area contributed by atoms with Gasteiger partial charge in [-0.05, 0) is 76.0 Å². The Morgan fingerprint density at radius 3 is 1.80 bits per heavy atom. The van der Waals surface area contributed by atoms with Gasteiger partial charge in [0, 0.05) is 53.2 Å². The average Bonchev–Trinajstić information content (AvgIpc) is 3.82. The van der Waals surface area contributed by atoms with E-state index >= 15 is 0 Å². The molecule has 0 radical (unpaired) electrons. The molecular weight excluding hydrogens is 677 g/mol. The van der Waals surface area contributed by atoms with Gasteiger partial charge in [-0.25, -0.2) is 9.97 Å². The van der Waals surface area contributed by atoms with Crippen molar-refractivity contribution in [2.75, 3.05) is 0 Å². The summed E-state index contributed by atoms with van der Waals surface area (Å²) >= 11 is 1.84. The number of thiophene rings is 1. The molecule has 3 heterocycles. The Hall–Kier alpha value is -6.88. The molecule has 3 nitrogen and oxygen atoms in total. The van der Waals surface area contributed by atoms with Crippen LogP contribution in [0.1, 0.15) is 0 Å². The highest BCUT2D eigenvalue weighted by Gasteiger charge is 2.19. The lowest BCUT2D eigenvalue weighted by Crippen LogP contribution is -1.96. The smallest absolute Gasteiger partial charge is 0.160 e. The molecule has 0 atom stereocenters. The summed E-state index contributed by atoms with van der Waals surface area (Å²) < 4.78 is 9.41. The second-order valence-corrected chi connectivity index (χ2v) is 14.8. The number of rotatable bonds is 5. The summed E-state index contributed by atoms with van der Waals surface area (Å²) in [5, 5.41) is 7.09. The summed E-state index contributed by atoms with van der Waals surface area (Å²) in [6.07, 6.45) is 0. The quantitative estimate of drug-likeness (QED) is 0.179. The van der Waals surface area contributed by atoms with Crippen molar-refractivity contribution in [3.63, 3.8) is 0 Å². The third-order valence-corrected chi connectivity index (χ3v) is 11.6. The van der Waals surface area contributed by atoms with Crippen molar-refractivity contribution in [1.29, 1.82) is 0 Å². The highest BCUT2D eigenvalue weighted by atomic mass is 32.1. The molecule has 3 aromatic heterocycles. The van der Waals surface area contributed by atoms with Crippen LogP contribution in [0.5, 0.6) is 0 Å². The van der Waals surface area contributed by atoms with E-state index in [1.165, 1.54) is 36.5 Å². The molecule has 0 saturated heterocycles. The van der Waals surface area contributed by atoms with E-state index in [0.717, 1.165) is 66.7 Å². The van der Waals surface area contributed by atoms with Gasteiger partial charge in [-0.1, -0.05) is 133 Å². The summed E-state index contributed by atoms with van der Waals surface area (Å²) in [5.74, 6) is 0.687. The van der Waals surface area contributed by atoms with Crippen molar-refractivity contribution in [2.45, 2.75) is 0 Å². The van der Waals surface area contributed by atoms with Crippen LogP contribution in [0.15, 0.2) is 186 Å². The molecule has 0 amide bonds. The Balaban J connectivity index is 1.10. The van der Waals surface area contributed by atoms with Crippen molar-refractivity contribution in [3.8, 4) is 56.2 Å². The predicted molar refractivity (Wildman–Crippen MR) is 227 cm³/mol. The highest BCUT2D eigenvalue weighted by Crippen LogP contribution is 2.44. The molecule has 0 spiro atoms. The zero-order chi connectivity index (χ0) is 35.6. The Bertz CT molecular complexity index is 3200. The third-order valence-electron chi connectivity index (χ3n) is 10.5. The van der Waals surface area contributed by atoms with E-state index in [0.29, 0.717) is 5.82 Å². The first-order chi connectivity index (χ1) is 26.7. The fraction of sp³-hybridized carbons (Fsp3) is 0. The van der Waals surface area contributed by atoms with Gasteiger partial charge in [-0.3, -0.25) is 0 Å². The summed E-state index contributed by atoms with van der Waals surface area (Å²) in [7, 11) is 0. The lowest BCUT2D eigenvalue weighted by Gasteiger charge is -2.10. The van der Waals surface area contributed by atoms with Gasteiger partial charge in [0.05, 0.1) is 11.4 Å². The molecule has 0 fully saturated rings. The van der Waals surface area contributed by atoms with Crippen molar-refractivity contribution in [3.05, 3.63) is 182 Å². The minimum Gasteiger partial charge on any atom is -0.455 e. The van der Waals surface area contributed by atoms with E-state index in [-0.39, 0.29) is 0 Å². The lowest BCUT2D eigenvalue weighted by molar-refractivity contribution is 0.670. The number of aromatic nitrogens is 2. The van der Waals surface area contributed by atoms with Crippen LogP contribution in [0, 0.1) is 0 Å². The van der Waals surface area contributed by atoms with Gasteiger partial charge in [0.2, 0.25) is 0 Å². The van der Waals surface area contributed by atoms with Crippen molar-refractivity contribution in [2.24, 2.45) is 0 Å². The van der Waals surface area contributed by atoms with E-state index in [2.05, 4.69) is 170 Å². The maximum Gasteiger partial charge on any atom is 0.160 e. The Kier molecular flexibility index (Phi) is 7.04. The first-order valence-electron chi connectivity index (χ1n) is 18.1. The molecular formula is C50H30N2OS. The summed E-state index contributed by atoms with van der Waals surface area (Å²) in [6.45, 7) is 0. The highest BCUT2D eigenvalue weighted by molar-refractivity contribution is 7.25. The Morgan fingerprint density at radius 1 is 0.389 bits per heavy atom. The fourth-order valence-electron chi connectivity index (χ4n) is 7.82. The van der Waals surface area contributed by atoms with Crippen LogP contribution in [0.4, 0.5) is 0 Å². The number of furan rings is 1. The van der Waals surface area contributed by atoms with Gasteiger partial charge in [0.15, 0.2) is 5.82 Å². The SMILES string of the molecule is c1ccc(-c2ccc(-c3nc(-c4ccccc4)cc(-c4ccc5oc6c(-c7ccc8sc9ccccc9c8c7)cc7ccccc7c6c5c4)n3)cc2)cc1. The van der Waals surface area contributed by atoms with Crippen LogP contribution in [-0.2, 0) is 0 Å². The summed E-state index contributed by atoms with van der Waals surface area (Å²) in [5.41, 5.74) is 11.1. The molecule has 0 saturated carbocycles. The molecule has 0 unspecified atom stereocenters. The topological polar surface area (TPSA) is 38.9 Å². The molecule has 0 aliphatic rings. The van der Waals surface area contributed by atoms with Gasteiger partial charge >= 0.3 is 0 Å². The molecule has 54 heavy (non-hydrogen) atoms. The zero-order valence-corrected chi connectivity index (χ0v) is 29.8. The third kappa shape index (κ3) is 5.11. The minimum atomic E-state index is 0.687. The van der Waals surface area contributed by atoms with Gasteiger partial charge < -0.3 is 4.42 Å². The van der Waals surface area contributed by atoms with Gasteiger partial charge in [0.25, 0.3) is 0 Å². The van der Waals surface area contributed by atoms with Gasteiger partial charge in [-0.2, -0.15) is 0 Å². The molecule has 11 aromatic rings. The van der Waals surface area contributed by atoms with Crippen LogP contribution >= 0.6 is 11.3 Å². The fourth-order valence-corrected chi connectivity index (χ4v) is 8.90. The monoisotopic (exact) mass is 706 g/mol. The minimum absolute atomic E-state index is 0.687.